The molecular formula is C8H12N4O. The van der Waals surface area contributed by atoms with Gasteiger partial charge in [0.05, 0.1) is 18.8 Å². The van der Waals surface area contributed by atoms with Crippen molar-refractivity contribution in [2.24, 2.45) is 0 Å². The lowest BCUT2D eigenvalue weighted by Gasteiger charge is -2.13. The van der Waals surface area contributed by atoms with Gasteiger partial charge in [0.25, 0.3) is 0 Å². The maximum Gasteiger partial charge on any atom is 0.222 e. The van der Waals surface area contributed by atoms with E-state index in [4.69, 9.17) is 5.73 Å². The molecule has 0 bridgehead atoms. The molecule has 13 heavy (non-hydrogen) atoms. The van der Waals surface area contributed by atoms with E-state index < -0.39 is 0 Å². The van der Waals surface area contributed by atoms with E-state index in [-0.39, 0.29) is 5.91 Å². The van der Waals surface area contributed by atoms with Gasteiger partial charge in [0.2, 0.25) is 5.91 Å². The van der Waals surface area contributed by atoms with Crippen molar-refractivity contribution >= 4 is 11.7 Å². The summed E-state index contributed by atoms with van der Waals surface area (Å²) in [5.41, 5.74) is 7.56. The molecule has 0 saturated heterocycles. The standard InChI is InChI=1S/C8H12N4O/c1-2-7(13)12-3-5-6(4-12)10-11-8(5)9/h2-4H2,1H3,(H3,9,10,11). The molecule has 0 atom stereocenters. The SMILES string of the molecule is CCC(=O)N1Cc2[nH]nc(N)c2C1. The summed E-state index contributed by atoms with van der Waals surface area (Å²) in [5.74, 6) is 0.672. The number of hydrogen-bond acceptors (Lipinski definition) is 3. The Hall–Kier alpha value is -1.52. The van der Waals surface area contributed by atoms with E-state index >= 15 is 0 Å². The largest absolute Gasteiger partial charge is 0.382 e. The van der Waals surface area contributed by atoms with Crippen molar-refractivity contribution in [3.63, 3.8) is 0 Å². The van der Waals surface area contributed by atoms with Crippen LogP contribution in [0.5, 0.6) is 0 Å². The minimum Gasteiger partial charge on any atom is -0.382 e. The monoisotopic (exact) mass is 180 g/mol. The molecule has 1 aliphatic heterocycles. The third-order valence-corrected chi connectivity index (χ3v) is 2.34. The van der Waals surface area contributed by atoms with Crippen LogP contribution in [0, 0.1) is 0 Å². The van der Waals surface area contributed by atoms with Gasteiger partial charge in [-0.25, -0.2) is 0 Å². The van der Waals surface area contributed by atoms with Gasteiger partial charge in [0.1, 0.15) is 0 Å². The number of H-pyrrole nitrogens is 1. The molecular weight excluding hydrogens is 168 g/mol. The average Bonchev–Trinajstić information content (AvgIpc) is 2.67. The molecule has 5 nitrogen and oxygen atoms in total. The Labute approximate surface area is 75.9 Å². The molecule has 0 spiro atoms. The van der Waals surface area contributed by atoms with Crippen LogP contribution < -0.4 is 5.73 Å². The first kappa shape index (κ1) is 8.10. The van der Waals surface area contributed by atoms with E-state index in [0.717, 1.165) is 11.3 Å². The van der Waals surface area contributed by atoms with Gasteiger partial charge in [-0.2, -0.15) is 5.10 Å². The predicted octanol–water partition coefficient (Wildman–Crippen LogP) is 0.244. The van der Waals surface area contributed by atoms with Gasteiger partial charge in [0.15, 0.2) is 5.82 Å². The van der Waals surface area contributed by atoms with Gasteiger partial charge < -0.3 is 10.6 Å². The fraction of sp³-hybridized carbons (Fsp3) is 0.500. The van der Waals surface area contributed by atoms with E-state index in [0.29, 0.717) is 25.3 Å². The number of carbonyl (C=O) groups is 1. The fourth-order valence-electron chi connectivity index (χ4n) is 1.56. The molecule has 70 valence electrons. The number of nitrogens with zero attached hydrogens (tertiary/aromatic N) is 2. The molecule has 0 aromatic carbocycles. The Balaban J connectivity index is 2.18. The van der Waals surface area contributed by atoms with Crippen molar-refractivity contribution in [2.75, 3.05) is 5.73 Å². The van der Waals surface area contributed by atoms with Crippen molar-refractivity contribution in [3.05, 3.63) is 11.3 Å². The Morgan fingerprint density at radius 3 is 3.08 bits per heavy atom. The molecule has 0 unspecified atom stereocenters. The molecule has 1 aromatic rings. The first-order valence-electron chi connectivity index (χ1n) is 4.31. The summed E-state index contributed by atoms with van der Waals surface area (Å²) in [4.78, 5) is 13.1. The van der Waals surface area contributed by atoms with Crippen LogP contribution in [0.4, 0.5) is 5.82 Å². The van der Waals surface area contributed by atoms with E-state index in [9.17, 15) is 4.79 Å². The second kappa shape index (κ2) is 2.76. The van der Waals surface area contributed by atoms with Crippen LogP contribution in [0.2, 0.25) is 0 Å². The highest BCUT2D eigenvalue weighted by Gasteiger charge is 2.25. The number of fused-ring (bicyclic) bond motifs is 1. The van der Waals surface area contributed by atoms with E-state index in [1.54, 1.807) is 4.90 Å². The number of rotatable bonds is 1. The first-order chi connectivity index (χ1) is 6.22. The summed E-state index contributed by atoms with van der Waals surface area (Å²) in [6.07, 6.45) is 0.539. The maximum absolute atomic E-state index is 11.3. The Morgan fingerprint density at radius 1 is 1.69 bits per heavy atom. The van der Waals surface area contributed by atoms with Gasteiger partial charge in [0, 0.05) is 12.0 Å². The van der Waals surface area contributed by atoms with Crippen LogP contribution in [0.25, 0.3) is 0 Å². The summed E-state index contributed by atoms with van der Waals surface area (Å²) in [7, 11) is 0. The van der Waals surface area contributed by atoms with Gasteiger partial charge in [-0.15, -0.1) is 0 Å². The minimum atomic E-state index is 0.156. The van der Waals surface area contributed by atoms with E-state index in [2.05, 4.69) is 10.2 Å². The van der Waals surface area contributed by atoms with E-state index in [1.807, 2.05) is 6.92 Å². The number of aromatic nitrogens is 2. The summed E-state index contributed by atoms with van der Waals surface area (Å²) in [5, 5.41) is 6.70. The third-order valence-electron chi connectivity index (χ3n) is 2.34. The fourth-order valence-corrected chi connectivity index (χ4v) is 1.56. The Bertz CT molecular complexity index is 344. The normalized spacial score (nSPS) is 14.7. The van der Waals surface area contributed by atoms with Crippen LogP contribution in [-0.4, -0.2) is 21.0 Å². The number of carbonyl (C=O) groups excluding carboxylic acids is 1. The van der Waals surface area contributed by atoms with Crippen LogP contribution in [-0.2, 0) is 17.9 Å². The highest BCUT2D eigenvalue weighted by molar-refractivity contribution is 5.76. The second-order valence-corrected chi connectivity index (χ2v) is 3.17. The molecule has 1 aliphatic rings. The molecule has 5 heteroatoms. The van der Waals surface area contributed by atoms with Crippen molar-refractivity contribution in [1.82, 2.24) is 15.1 Å². The van der Waals surface area contributed by atoms with Crippen molar-refractivity contribution in [3.8, 4) is 0 Å². The average molecular weight is 180 g/mol. The van der Waals surface area contributed by atoms with Crippen LogP contribution in [0.3, 0.4) is 0 Å². The second-order valence-electron chi connectivity index (χ2n) is 3.17. The highest BCUT2D eigenvalue weighted by atomic mass is 16.2. The zero-order chi connectivity index (χ0) is 9.42. The maximum atomic E-state index is 11.3. The number of amides is 1. The summed E-state index contributed by atoms with van der Waals surface area (Å²) < 4.78 is 0. The topological polar surface area (TPSA) is 75.0 Å². The molecule has 0 radical (unpaired) electrons. The smallest absolute Gasteiger partial charge is 0.222 e. The summed E-state index contributed by atoms with van der Waals surface area (Å²) >= 11 is 0. The lowest BCUT2D eigenvalue weighted by molar-refractivity contribution is -0.131. The van der Waals surface area contributed by atoms with Gasteiger partial charge in [-0.3, -0.25) is 9.89 Å². The Morgan fingerprint density at radius 2 is 2.46 bits per heavy atom. The van der Waals surface area contributed by atoms with Crippen molar-refractivity contribution in [1.29, 1.82) is 0 Å². The number of aromatic amines is 1. The molecule has 1 amide bonds. The molecule has 3 N–H and O–H groups in total. The zero-order valence-electron chi connectivity index (χ0n) is 7.50. The van der Waals surface area contributed by atoms with Crippen LogP contribution in [0.15, 0.2) is 0 Å². The lowest BCUT2D eigenvalue weighted by Crippen LogP contribution is -2.24. The molecule has 0 fully saturated rings. The van der Waals surface area contributed by atoms with Crippen molar-refractivity contribution in [2.45, 2.75) is 26.4 Å². The number of hydrogen-bond donors (Lipinski definition) is 2. The molecule has 0 aliphatic carbocycles. The first-order valence-corrected chi connectivity index (χ1v) is 4.31. The molecule has 2 rings (SSSR count). The number of anilines is 1. The molecule has 1 aromatic heterocycles. The van der Waals surface area contributed by atoms with Gasteiger partial charge >= 0.3 is 0 Å². The van der Waals surface area contributed by atoms with Crippen LogP contribution >= 0.6 is 0 Å². The molecule has 2 heterocycles. The Kier molecular flexibility index (Phi) is 1.72. The number of nitrogen functional groups attached to an aromatic ring is 1. The number of nitrogens with two attached hydrogens (primary N) is 1. The lowest BCUT2D eigenvalue weighted by atomic mass is 10.3. The summed E-state index contributed by atoms with van der Waals surface area (Å²) in [6, 6.07) is 0. The molecule has 0 saturated carbocycles. The van der Waals surface area contributed by atoms with Crippen LogP contribution in [0.1, 0.15) is 24.6 Å². The zero-order valence-corrected chi connectivity index (χ0v) is 7.50. The van der Waals surface area contributed by atoms with E-state index in [1.165, 1.54) is 0 Å². The third kappa shape index (κ3) is 1.16. The highest BCUT2D eigenvalue weighted by Crippen LogP contribution is 2.25. The summed E-state index contributed by atoms with van der Waals surface area (Å²) in [6.45, 7) is 3.08. The van der Waals surface area contributed by atoms with Gasteiger partial charge in [-0.05, 0) is 0 Å². The van der Waals surface area contributed by atoms with Gasteiger partial charge in [-0.1, -0.05) is 6.92 Å². The number of nitrogens with one attached hydrogen (secondary N) is 1. The quantitative estimate of drug-likeness (QED) is 0.650. The predicted molar refractivity (Wildman–Crippen MR) is 47.5 cm³/mol. The van der Waals surface area contributed by atoms with Crippen molar-refractivity contribution < 1.29 is 4.79 Å². The minimum absolute atomic E-state index is 0.156.